The first kappa shape index (κ1) is 19.0. The van der Waals surface area contributed by atoms with Gasteiger partial charge in [0.2, 0.25) is 0 Å². The monoisotopic (exact) mass is 396 g/mol. The molecule has 0 radical (unpaired) electrons. The van der Waals surface area contributed by atoms with Gasteiger partial charge in [-0.1, -0.05) is 0 Å². The van der Waals surface area contributed by atoms with Gasteiger partial charge in [-0.05, 0) is 37.5 Å². The summed E-state index contributed by atoms with van der Waals surface area (Å²) >= 11 is 1.11. The summed E-state index contributed by atoms with van der Waals surface area (Å²) in [7, 11) is 1.28. The van der Waals surface area contributed by atoms with Crippen LogP contribution in [0.4, 0.5) is 13.2 Å². The Bertz CT molecular complexity index is 981. The van der Waals surface area contributed by atoms with E-state index >= 15 is 0 Å². The molecule has 0 aliphatic rings. The highest BCUT2D eigenvalue weighted by Crippen LogP contribution is 2.28. The zero-order valence-corrected chi connectivity index (χ0v) is 15.4. The van der Waals surface area contributed by atoms with Gasteiger partial charge in [0.05, 0.1) is 6.04 Å². The molecule has 1 unspecified atom stereocenters. The molecule has 7 nitrogen and oxygen atoms in total. The lowest BCUT2D eigenvalue weighted by atomic mass is 10.2. The number of aryl methyl sites for hydroxylation is 2. The third-order valence-corrected chi connectivity index (χ3v) is 4.61. The van der Waals surface area contributed by atoms with Crippen LogP contribution in [-0.4, -0.2) is 30.0 Å². The Labute approximate surface area is 156 Å². The minimum atomic E-state index is -4.61. The second-order valence-corrected chi connectivity index (χ2v) is 6.66. The summed E-state index contributed by atoms with van der Waals surface area (Å²) in [4.78, 5) is 20.8. The topological polar surface area (TPSA) is 85.6 Å². The summed E-state index contributed by atoms with van der Waals surface area (Å²) in [5, 5.41) is 6.49. The third-order valence-electron chi connectivity index (χ3n) is 3.72. The first-order valence-electron chi connectivity index (χ1n) is 7.84. The number of rotatable bonds is 4. The average molecular weight is 396 g/mol. The molecule has 3 heterocycles. The molecule has 0 spiro atoms. The number of amides is 1. The van der Waals surface area contributed by atoms with Crippen LogP contribution in [0.2, 0.25) is 0 Å². The lowest BCUT2D eigenvalue weighted by molar-refractivity contribution is -0.141. The zero-order chi connectivity index (χ0) is 19.8. The largest absolute Gasteiger partial charge is 0.435 e. The van der Waals surface area contributed by atoms with Gasteiger partial charge in [-0.25, -0.2) is 4.98 Å². The highest BCUT2D eigenvalue weighted by molar-refractivity contribution is 7.05. The standard InChI is InChI=1S/C16H15F3N6OS/c1-8-6-10(4-5-20-8)13-22-15(27-24-13)9(2)21-14(26)11-7-12(16(17,18)19)23-25(11)3/h4-7,9H,1-3H3,(H,21,26). The summed E-state index contributed by atoms with van der Waals surface area (Å²) in [5.41, 5.74) is 0.310. The van der Waals surface area contributed by atoms with Crippen LogP contribution in [0.1, 0.15) is 39.8 Å². The normalized spacial score (nSPS) is 12.8. The molecule has 1 amide bonds. The van der Waals surface area contributed by atoms with E-state index in [1.165, 1.54) is 7.05 Å². The number of carbonyl (C=O) groups is 1. The van der Waals surface area contributed by atoms with E-state index in [1.54, 1.807) is 19.2 Å². The minimum Gasteiger partial charge on any atom is -0.342 e. The molecule has 0 bridgehead atoms. The molecule has 0 aliphatic heterocycles. The average Bonchev–Trinajstić information content (AvgIpc) is 3.21. The summed E-state index contributed by atoms with van der Waals surface area (Å²) in [6, 6.07) is 3.79. The molecule has 0 aliphatic carbocycles. The lowest BCUT2D eigenvalue weighted by Gasteiger charge is -2.10. The smallest absolute Gasteiger partial charge is 0.342 e. The van der Waals surface area contributed by atoms with Gasteiger partial charge in [0.25, 0.3) is 5.91 Å². The van der Waals surface area contributed by atoms with Gasteiger partial charge in [0.1, 0.15) is 10.7 Å². The Hall–Kier alpha value is -2.82. The Morgan fingerprint density at radius 3 is 2.70 bits per heavy atom. The molecule has 0 saturated carbocycles. The fourth-order valence-electron chi connectivity index (χ4n) is 2.36. The van der Waals surface area contributed by atoms with Crippen LogP contribution in [0, 0.1) is 6.92 Å². The van der Waals surface area contributed by atoms with Crippen LogP contribution >= 0.6 is 11.5 Å². The second-order valence-electron chi connectivity index (χ2n) is 5.87. The maximum Gasteiger partial charge on any atom is 0.435 e. The molecule has 11 heteroatoms. The molecule has 1 N–H and O–H groups in total. The van der Waals surface area contributed by atoms with Crippen molar-refractivity contribution in [2.75, 3.05) is 0 Å². The van der Waals surface area contributed by atoms with Crippen LogP contribution in [0.15, 0.2) is 24.4 Å². The van der Waals surface area contributed by atoms with Crippen molar-refractivity contribution in [1.82, 2.24) is 29.4 Å². The predicted octanol–water partition coefficient (Wildman–Crippen LogP) is 3.15. The molecule has 142 valence electrons. The van der Waals surface area contributed by atoms with Crippen molar-refractivity contribution in [3.8, 4) is 11.4 Å². The molecule has 1 atom stereocenters. The van der Waals surface area contributed by atoms with Crippen LogP contribution in [0.25, 0.3) is 11.4 Å². The maximum absolute atomic E-state index is 12.7. The van der Waals surface area contributed by atoms with Crippen molar-refractivity contribution in [1.29, 1.82) is 0 Å². The van der Waals surface area contributed by atoms with E-state index < -0.39 is 23.8 Å². The highest BCUT2D eigenvalue weighted by Gasteiger charge is 2.35. The van der Waals surface area contributed by atoms with Gasteiger partial charge in [-0.2, -0.15) is 22.6 Å². The van der Waals surface area contributed by atoms with Gasteiger partial charge in [0.15, 0.2) is 11.5 Å². The number of carbonyl (C=O) groups excluding carboxylic acids is 1. The van der Waals surface area contributed by atoms with Crippen LogP contribution in [0.3, 0.4) is 0 Å². The number of pyridine rings is 1. The van der Waals surface area contributed by atoms with Gasteiger partial charge in [-0.3, -0.25) is 14.5 Å². The highest BCUT2D eigenvalue weighted by atomic mass is 32.1. The van der Waals surface area contributed by atoms with Crippen LogP contribution in [0.5, 0.6) is 0 Å². The quantitative estimate of drug-likeness (QED) is 0.732. The zero-order valence-electron chi connectivity index (χ0n) is 14.6. The van der Waals surface area contributed by atoms with Crippen LogP contribution in [-0.2, 0) is 13.2 Å². The van der Waals surface area contributed by atoms with Crippen LogP contribution < -0.4 is 5.32 Å². The molecular weight excluding hydrogens is 381 g/mol. The molecule has 3 aromatic rings. The molecule has 0 saturated heterocycles. The number of nitrogens with zero attached hydrogens (tertiary/aromatic N) is 5. The van der Waals surface area contributed by atoms with Crippen molar-refractivity contribution in [3.05, 3.63) is 46.5 Å². The van der Waals surface area contributed by atoms with Crippen molar-refractivity contribution in [2.24, 2.45) is 7.05 Å². The molecule has 3 rings (SSSR count). The number of aromatic nitrogens is 5. The summed E-state index contributed by atoms with van der Waals surface area (Å²) in [6.45, 7) is 3.53. The summed E-state index contributed by atoms with van der Waals surface area (Å²) < 4.78 is 43.4. The molecule has 0 fully saturated rings. The first-order valence-corrected chi connectivity index (χ1v) is 8.61. The SMILES string of the molecule is Cc1cc(-c2nsc(C(C)NC(=O)c3cc(C(F)(F)F)nn3C)n2)ccn1. The van der Waals surface area contributed by atoms with E-state index in [4.69, 9.17) is 0 Å². The van der Waals surface area contributed by atoms with E-state index in [0.29, 0.717) is 16.9 Å². The Balaban J connectivity index is 1.75. The second kappa shape index (κ2) is 7.06. The van der Waals surface area contributed by atoms with Gasteiger partial charge >= 0.3 is 6.18 Å². The van der Waals surface area contributed by atoms with Gasteiger partial charge in [-0.15, -0.1) is 0 Å². The number of nitrogens with one attached hydrogen (secondary N) is 1. The number of hydrogen-bond acceptors (Lipinski definition) is 6. The molecule has 3 aromatic heterocycles. The van der Waals surface area contributed by atoms with E-state index in [0.717, 1.165) is 27.5 Å². The van der Waals surface area contributed by atoms with Gasteiger partial charge < -0.3 is 5.32 Å². The fraction of sp³-hybridized carbons (Fsp3) is 0.312. The predicted molar refractivity (Wildman–Crippen MR) is 92.0 cm³/mol. The van der Waals surface area contributed by atoms with Crippen molar-refractivity contribution >= 4 is 17.4 Å². The van der Waals surface area contributed by atoms with E-state index in [1.807, 2.05) is 13.0 Å². The van der Waals surface area contributed by atoms with E-state index in [-0.39, 0.29) is 5.69 Å². The lowest BCUT2D eigenvalue weighted by Crippen LogP contribution is -2.28. The maximum atomic E-state index is 12.7. The van der Waals surface area contributed by atoms with Gasteiger partial charge in [0, 0.05) is 30.6 Å². The van der Waals surface area contributed by atoms with Crippen molar-refractivity contribution < 1.29 is 18.0 Å². The molecule has 27 heavy (non-hydrogen) atoms. The number of halogens is 3. The van der Waals surface area contributed by atoms with E-state index in [9.17, 15) is 18.0 Å². The molecule has 0 aromatic carbocycles. The third kappa shape index (κ3) is 4.13. The Morgan fingerprint density at radius 1 is 1.33 bits per heavy atom. The fourth-order valence-corrected chi connectivity index (χ4v) is 3.03. The Morgan fingerprint density at radius 2 is 2.07 bits per heavy atom. The van der Waals surface area contributed by atoms with Crippen molar-refractivity contribution in [2.45, 2.75) is 26.1 Å². The first-order chi connectivity index (χ1) is 12.6. The minimum absolute atomic E-state index is 0.191. The number of hydrogen-bond donors (Lipinski definition) is 1. The number of alkyl halides is 3. The van der Waals surface area contributed by atoms with Crippen molar-refractivity contribution in [3.63, 3.8) is 0 Å². The molecular formula is C16H15F3N6OS. The summed E-state index contributed by atoms with van der Waals surface area (Å²) in [6.07, 6.45) is -2.96. The van der Waals surface area contributed by atoms with E-state index in [2.05, 4.69) is 24.8 Å². The summed E-state index contributed by atoms with van der Waals surface area (Å²) in [5.74, 6) is -0.175. The Kier molecular flexibility index (Phi) is 4.96.